The van der Waals surface area contributed by atoms with Gasteiger partial charge in [-0.2, -0.15) is 0 Å². The topological polar surface area (TPSA) is 92.9 Å². The number of hydrogen-bond donors (Lipinski definition) is 2. The van der Waals surface area contributed by atoms with Crippen LogP contribution in [0.2, 0.25) is 0 Å². The van der Waals surface area contributed by atoms with Gasteiger partial charge < -0.3 is 20.5 Å². The number of thiophene rings is 1. The number of benzene rings is 1. The van der Waals surface area contributed by atoms with Crippen molar-refractivity contribution in [1.29, 1.82) is 0 Å². The summed E-state index contributed by atoms with van der Waals surface area (Å²) in [6, 6.07) is 7.27. The lowest BCUT2D eigenvalue weighted by molar-refractivity contribution is -0.152. The summed E-state index contributed by atoms with van der Waals surface area (Å²) in [4.78, 5) is 27.6. The summed E-state index contributed by atoms with van der Waals surface area (Å²) in [7, 11) is 0. The van der Waals surface area contributed by atoms with E-state index in [4.69, 9.17) is 10.5 Å². The van der Waals surface area contributed by atoms with Crippen LogP contribution in [0.15, 0.2) is 43.5 Å². The van der Waals surface area contributed by atoms with E-state index in [2.05, 4.69) is 13.2 Å². The minimum atomic E-state index is -0.963. The van der Waals surface area contributed by atoms with Crippen molar-refractivity contribution in [2.24, 2.45) is 11.1 Å². The molecule has 1 atom stereocenters. The number of carbonyl (C=O) groups is 2. The number of halogens is 1. The maximum atomic E-state index is 14.3. The summed E-state index contributed by atoms with van der Waals surface area (Å²) in [5.74, 6) is -1.39. The number of carbonyl (C=O) groups excluding carboxylic acids is 1. The van der Waals surface area contributed by atoms with Gasteiger partial charge in [0, 0.05) is 22.5 Å². The Bertz CT molecular complexity index is 1080. The van der Waals surface area contributed by atoms with Gasteiger partial charge in [-0.3, -0.25) is 4.79 Å². The molecular formula is C26H33FN2O4S. The Balaban J connectivity index is 0.00000199. The molecule has 1 aliphatic heterocycles. The highest BCUT2D eigenvalue weighted by Crippen LogP contribution is 2.34. The van der Waals surface area contributed by atoms with Crippen molar-refractivity contribution in [1.82, 2.24) is 4.90 Å². The third kappa shape index (κ3) is 6.26. The monoisotopic (exact) mass is 488 g/mol. The summed E-state index contributed by atoms with van der Waals surface area (Å²) in [5, 5.41) is 9.38. The lowest BCUT2D eigenvalue weighted by atomic mass is 9.86. The molecule has 0 spiro atoms. The van der Waals surface area contributed by atoms with Gasteiger partial charge in [-0.25, -0.2) is 9.18 Å². The van der Waals surface area contributed by atoms with Crippen LogP contribution in [0.5, 0.6) is 5.75 Å². The summed E-state index contributed by atoms with van der Waals surface area (Å²) >= 11 is 1.40. The summed E-state index contributed by atoms with van der Waals surface area (Å²) in [6.07, 6.45) is 1.61. The fourth-order valence-electron chi connectivity index (χ4n) is 3.76. The first-order chi connectivity index (χ1) is 16.0. The molecule has 0 aliphatic carbocycles. The number of carboxylic acid groups (broad SMARTS) is 1. The van der Waals surface area contributed by atoms with Crippen LogP contribution in [-0.2, 0) is 16.0 Å². The fraction of sp³-hybridized carbons (Fsp3) is 0.385. The highest BCUT2D eigenvalue weighted by molar-refractivity contribution is 7.13. The van der Waals surface area contributed by atoms with E-state index in [9.17, 15) is 19.1 Å². The van der Waals surface area contributed by atoms with Gasteiger partial charge >= 0.3 is 5.97 Å². The lowest BCUT2D eigenvalue weighted by Crippen LogP contribution is -2.47. The average molecular weight is 489 g/mol. The fourth-order valence-corrected chi connectivity index (χ4v) is 4.90. The van der Waals surface area contributed by atoms with E-state index in [1.165, 1.54) is 28.4 Å². The molecule has 1 unspecified atom stereocenters. The summed E-state index contributed by atoms with van der Waals surface area (Å²) < 4.78 is 19.9. The number of ether oxygens (including phenoxy) is 1. The highest BCUT2D eigenvalue weighted by Gasteiger charge is 2.40. The molecular weight excluding hydrogens is 455 g/mol. The first kappa shape index (κ1) is 27.1. The molecule has 2 heterocycles. The standard InChI is InChI=1S/C24H27FN2O4S.C2H6/c1-14(26)16-7-9-20(18(25)12-16)31-15(2)21-10-8-17(32-21)13-24(3,4)23(30)27-11-5-6-19(27)22(28)29;1-2/h7-10,12,19H,1-2,5-6,11,13,26H2,3-4H3,(H,28,29);1-2H3. The van der Waals surface area contributed by atoms with Crippen LogP contribution in [0, 0.1) is 11.2 Å². The molecule has 184 valence electrons. The van der Waals surface area contributed by atoms with E-state index >= 15 is 0 Å². The van der Waals surface area contributed by atoms with Crippen LogP contribution < -0.4 is 10.5 Å². The molecule has 6 nitrogen and oxygen atoms in total. The van der Waals surface area contributed by atoms with Gasteiger partial charge in [-0.15, -0.1) is 11.3 Å². The molecule has 1 aliphatic rings. The Labute approximate surface area is 204 Å². The van der Waals surface area contributed by atoms with Crippen molar-refractivity contribution in [2.45, 2.75) is 53.0 Å². The Morgan fingerprint density at radius 1 is 1.26 bits per heavy atom. The zero-order chi connectivity index (χ0) is 25.6. The smallest absolute Gasteiger partial charge is 0.326 e. The van der Waals surface area contributed by atoms with Gasteiger partial charge in [-0.05, 0) is 55.2 Å². The van der Waals surface area contributed by atoms with Crippen LogP contribution in [0.4, 0.5) is 4.39 Å². The second-order valence-electron chi connectivity index (χ2n) is 8.52. The Morgan fingerprint density at radius 3 is 2.53 bits per heavy atom. The van der Waals surface area contributed by atoms with Gasteiger partial charge in [0.2, 0.25) is 5.91 Å². The summed E-state index contributed by atoms with van der Waals surface area (Å²) in [6.45, 7) is 15.6. The normalized spacial score (nSPS) is 15.3. The van der Waals surface area contributed by atoms with E-state index in [1.807, 2.05) is 39.8 Å². The minimum Gasteiger partial charge on any atom is -0.480 e. The molecule has 8 heteroatoms. The predicted octanol–water partition coefficient (Wildman–Crippen LogP) is 5.54. The molecule has 3 rings (SSSR count). The zero-order valence-electron chi connectivity index (χ0n) is 20.2. The molecule has 0 radical (unpaired) electrons. The van der Waals surface area contributed by atoms with Gasteiger partial charge in [0.25, 0.3) is 0 Å². The van der Waals surface area contributed by atoms with E-state index in [0.29, 0.717) is 36.2 Å². The first-order valence-electron chi connectivity index (χ1n) is 11.2. The number of amides is 1. The SMILES string of the molecule is C=C(N)c1ccc(OC(=C)c2ccc(CC(C)(C)C(=O)N3CCCC3C(=O)O)s2)c(F)c1.CC. The van der Waals surface area contributed by atoms with Crippen molar-refractivity contribution in [3.8, 4) is 5.75 Å². The van der Waals surface area contributed by atoms with Crippen molar-refractivity contribution in [2.75, 3.05) is 6.54 Å². The number of aliphatic carboxylic acids is 1. The molecule has 2 aromatic rings. The molecule has 1 aromatic heterocycles. The average Bonchev–Trinajstić information content (AvgIpc) is 3.45. The molecule has 1 saturated heterocycles. The third-order valence-electron chi connectivity index (χ3n) is 5.47. The number of carboxylic acids is 1. The molecule has 1 amide bonds. The summed E-state index contributed by atoms with van der Waals surface area (Å²) in [5.41, 5.74) is 5.56. The van der Waals surface area contributed by atoms with E-state index in [-0.39, 0.29) is 23.1 Å². The Kier molecular flexibility index (Phi) is 9.04. The molecule has 1 fully saturated rings. The van der Waals surface area contributed by atoms with Crippen molar-refractivity contribution >= 4 is 34.7 Å². The van der Waals surface area contributed by atoms with Crippen molar-refractivity contribution in [3.63, 3.8) is 0 Å². The van der Waals surface area contributed by atoms with Crippen LogP contribution >= 0.6 is 11.3 Å². The van der Waals surface area contributed by atoms with Crippen LogP contribution in [0.3, 0.4) is 0 Å². The lowest BCUT2D eigenvalue weighted by Gasteiger charge is -2.31. The van der Waals surface area contributed by atoms with Gasteiger partial charge in [0.1, 0.15) is 11.8 Å². The minimum absolute atomic E-state index is 0.0270. The third-order valence-corrected chi connectivity index (χ3v) is 6.59. The maximum absolute atomic E-state index is 14.3. The van der Waals surface area contributed by atoms with Crippen molar-refractivity contribution in [3.05, 3.63) is 64.6 Å². The van der Waals surface area contributed by atoms with Crippen LogP contribution in [0.25, 0.3) is 11.5 Å². The van der Waals surface area contributed by atoms with E-state index in [1.54, 1.807) is 6.07 Å². The first-order valence-corrected chi connectivity index (χ1v) is 12.1. The number of nitrogens with two attached hydrogens (primary N) is 1. The van der Waals surface area contributed by atoms with E-state index in [0.717, 1.165) is 4.88 Å². The zero-order valence-corrected chi connectivity index (χ0v) is 21.0. The molecule has 3 N–H and O–H groups in total. The molecule has 34 heavy (non-hydrogen) atoms. The number of likely N-dealkylation sites (tertiary alicyclic amines) is 1. The predicted molar refractivity (Wildman–Crippen MR) is 135 cm³/mol. The van der Waals surface area contributed by atoms with Crippen LogP contribution in [-0.4, -0.2) is 34.5 Å². The van der Waals surface area contributed by atoms with Crippen LogP contribution in [0.1, 0.15) is 55.9 Å². The Morgan fingerprint density at radius 2 is 1.94 bits per heavy atom. The second kappa shape index (κ2) is 11.3. The Hall–Kier alpha value is -3.13. The highest BCUT2D eigenvalue weighted by atomic mass is 32.1. The molecule has 0 saturated carbocycles. The largest absolute Gasteiger partial charge is 0.480 e. The molecule has 0 bridgehead atoms. The van der Waals surface area contributed by atoms with E-state index < -0.39 is 23.2 Å². The quantitative estimate of drug-likeness (QED) is 0.476. The maximum Gasteiger partial charge on any atom is 0.326 e. The number of rotatable bonds is 8. The van der Waals surface area contributed by atoms with Crippen molar-refractivity contribution < 1.29 is 23.8 Å². The molecule has 1 aromatic carbocycles. The van der Waals surface area contributed by atoms with Gasteiger partial charge in [-0.1, -0.05) is 40.9 Å². The second-order valence-corrected chi connectivity index (χ2v) is 9.69. The van der Waals surface area contributed by atoms with Gasteiger partial charge in [0.15, 0.2) is 11.6 Å². The number of hydrogen-bond acceptors (Lipinski definition) is 5. The number of nitrogens with zero attached hydrogens (tertiary/aromatic N) is 1. The van der Waals surface area contributed by atoms with Gasteiger partial charge in [0.05, 0.1) is 4.88 Å².